The fourth-order valence-electron chi connectivity index (χ4n) is 2.34. The van der Waals surface area contributed by atoms with Gasteiger partial charge in [-0.25, -0.2) is 0 Å². The van der Waals surface area contributed by atoms with Gasteiger partial charge in [-0.05, 0) is 37.0 Å². The maximum atomic E-state index is 12.0. The smallest absolute Gasteiger partial charge is 0.311 e. The lowest BCUT2D eigenvalue weighted by atomic mass is 10.1. The second-order valence-electron chi connectivity index (χ2n) is 4.91. The molecular formula is C15H18N2O4. The van der Waals surface area contributed by atoms with Crippen molar-refractivity contribution in [1.82, 2.24) is 4.90 Å². The minimum atomic E-state index is -0.497. The molecule has 112 valence electrons. The highest BCUT2D eigenvalue weighted by atomic mass is 16.6. The Bertz CT molecular complexity index is 563. The first kappa shape index (κ1) is 15.0. The highest BCUT2D eigenvalue weighted by molar-refractivity contribution is 5.92. The summed E-state index contributed by atoms with van der Waals surface area (Å²) in [4.78, 5) is 24.2. The number of benzene rings is 1. The van der Waals surface area contributed by atoms with E-state index in [0.29, 0.717) is 5.56 Å². The number of methoxy groups -OCH3 is 1. The number of hydrogen-bond acceptors (Lipinski definition) is 4. The van der Waals surface area contributed by atoms with Crippen molar-refractivity contribution in [2.24, 2.45) is 0 Å². The highest BCUT2D eigenvalue weighted by Gasteiger charge is 2.16. The van der Waals surface area contributed by atoms with Crippen LogP contribution in [0.25, 0.3) is 6.08 Å². The molecule has 1 aromatic carbocycles. The Hall–Kier alpha value is -2.37. The van der Waals surface area contributed by atoms with Crippen molar-refractivity contribution >= 4 is 17.7 Å². The molecule has 0 bridgehead atoms. The van der Waals surface area contributed by atoms with Gasteiger partial charge in [-0.3, -0.25) is 14.9 Å². The Morgan fingerprint density at radius 2 is 2.05 bits per heavy atom. The first-order valence-electron chi connectivity index (χ1n) is 6.91. The molecule has 2 rings (SSSR count). The summed E-state index contributed by atoms with van der Waals surface area (Å²) in [5.41, 5.74) is 0.498. The summed E-state index contributed by atoms with van der Waals surface area (Å²) in [7, 11) is 1.39. The maximum absolute atomic E-state index is 12.0. The molecule has 21 heavy (non-hydrogen) atoms. The van der Waals surface area contributed by atoms with Crippen LogP contribution >= 0.6 is 0 Å². The second-order valence-corrected chi connectivity index (χ2v) is 4.91. The topological polar surface area (TPSA) is 72.7 Å². The zero-order valence-corrected chi connectivity index (χ0v) is 11.9. The first-order valence-corrected chi connectivity index (χ1v) is 6.91. The Balaban J connectivity index is 2.11. The number of rotatable bonds is 4. The number of amides is 1. The summed E-state index contributed by atoms with van der Waals surface area (Å²) in [5.74, 6) is 0.160. The first-order chi connectivity index (χ1) is 10.1. The van der Waals surface area contributed by atoms with E-state index >= 15 is 0 Å². The SMILES string of the molecule is COc1ccc(C=CC(=O)N2CCCCC2)cc1[N+](=O)[O-]. The van der Waals surface area contributed by atoms with Crippen molar-refractivity contribution < 1.29 is 14.5 Å². The van der Waals surface area contributed by atoms with E-state index in [2.05, 4.69) is 0 Å². The summed E-state index contributed by atoms with van der Waals surface area (Å²) in [5, 5.41) is 10.9. The van der Waals surface area contributed by atoms with E-state index in [1.807, 2.05) is 0 Å². The third-order valence-electron chi connectivity index (χ3n) is 3.49. The highest BCUT2D eigenvalue weighted by Crippen LogP contribution is 2.27. The quantitative estimate of drug-likeness (QED) is 0.485. The van der Waals surface area contributed by atoms with Crippen LogP contribution in [0.4, 0.5) is 5.69 Å². The second kappa shape index (κ2) is 6.88. The zero-order valence-electron chi connectivity index (χ0n) is 11.9. The number of ether oxygens (including phenoxy) is 1. The summed E-state index contributed by atoms with van der Waals surface area (Å²) < 4.78 is 4.94. The lowest BCUT2D eigenvalue weighted by molar-refractivity contribution is -0.385. The fraction of sp³-hybridized carbons (Fsp3) is 0.400. The van der Waals surface area contributed by atoms with Crippen LogP contribution in [-0.4, -0.2) is 35.9 Å². The molecule has 0 radical (unpaired) electrons. The van der Waals surface area contributed by atoms with Gasteiger partial charge in [-0.1, -0.05) is 6.07 Å². The van der Waals surface area contributed by atoms with Crippen LogP contribution in [0.1, 0.15) is 24.8 Å². The molecule has 1 saturated heterocycles. The molecule has 0 spiro atoms. The van der Waals surface area contributed by atoms with Gasteiger partial charge in [0.1, 0.15) is 0 Å². The maximum Gasteiger partial charge on any atom is 0.311 e. The lowest BCUT2D eigenvalue weighted by Crippen LogP contribution is -2.34. The number of nitrogens with zero attached hydrogens (tertiary/aromatic N) is 2. The zero-order chi connectivity index (χ0) is 15.2. The van der Waals surface area contributed by atoms with Gasteiger partial charge in [-0.15, -0.1) is 0 Å². The van der Waals surface area contributed by atoms with E-state index in [0.717, 1.165) is 32.4 Å². The molecule has 0 saturated carbocycles. The number of nitro groups is 1. The van der Waals surface area contributed by atoms with Crippen LogP contribution in [0, 0.1) is 10.1 Å². The Morgan fingerprint density at radius 3 is 2.67 bits per heavy atom. The van der Waals surface area contributed by atoms with Crippen molar-refractivity contribution in [1.29, 1.82) is 0 Å². The predicted octanol–water partition coefficient (Wildman–Crippen LogP) is 2.63. The molecule has 0 unspecified atom stereocenters. The lowest BCUT2D eigenvalue weighted by Gasteiger charge is -2.25. The van der Waals surface area contributed by atoms with Gasteiger partial charge in [0, 0.05) is 25.2 Å². The normalized spacial score (nSPS) is 15.2. The van der Waals surface area contributed by atoms with Crippen LogP contribution in [0.3, 0.4) is 0 Å². The molecule has 0 N–H and O–H groups in total. The molecule has 0 aliphatic carbocycles. The van der Waals surface area contributed by atoms with E-state index in [9.17, 15) is 14.9 Å². The van der Waals surface area contributed by atoms with Gasteiger partial charge in [-0.2, -0.15) is 0 Å². The largest absolute Gasteiger partial charge is 0.490 e. The Morgan fingerprint density at radius 1 is 1.33 bits per heavy atom. The number of nitro benzene ring substituents is 1. The van der Waals surface area contributed by atoms with Crippen molar-refractivity contribution in [2.45, 2.75) is 19.3 Å². The third kappa shape index (κ3) is 3.81. The molecular weight excluding hydrogens is 272 g/mol. The molecule has 6 heteroatoms. The van der Waals surface area contributed by atoms with Crippen LogP contribution in [0.2, 0.25) is 0 Å². The van der Waals surface area contributed by atoms with E-state index in [4.69, 9.17) is 4.74 Å². The minimum Gasteiger partial charge on any atom is -0.490 e. The van der Waals surface area contributed by atoms with Gasteiger partial charge in [0.2, 0.25) is 5.91 Å². The summed E-state index contributed by atoms with van der Waals surface area (Å²) in [6, 6.07) is 4.62. The van der Waals surface area contributed by atoms with Gasteiger partial charge < -0.3 is 9.64 Å². The average Bonchev–Trinajstić information content (AvgIpc) is 2.53. The van der Waals surface area contributed by atoms with Crippen LogP contribution in [-0.2, 0) is 4.79 Å². The fourth-order valence-corrected chi connectivity index (χ4v) is 2.34. The summed E-state index contributed by atoms with van der Waals surface area (Å²) in [6.45, 7) is 1.57. The number of piperidine rings is 1. The summed E-state index contributed by atoms with van der Waals surface area (Å²) in [6.07, 6.45) is 6.31. The standard InChI is InChI=1S/C15H18N2O4/c1-21-14-7-5-12(11-13(14)17(19)20)6-8-15(18)16-9-3-2-4-10-16/h5-8,11H,2-4,9-10H2,1H3. The van der Waals surface area contributed by atoms with Crippen LogP contribution < -0.4 is 4.74 Å². The molecule has 1 heterocycles. The van der Waals surface area contributed by atoms with E-state index in [1.165, 1.54) is 25.3 Å². The number of carbonyl (C=O) groups is 1. The number of likely N-dealkylation sites (tertiary alicyclic amines) is 1. The number of carbonyl (C=O) groups excluding carboxylic acids is 1. The Labute approximate surface area is 123 Å². The molecule has 0 aromatic heterocycles. The molecule has 1 amide bonds. The van der Waals surface area contributed by atoms with Gasteiger partial charge in [0.25, 0.3) is 0 Å². The third-order valence-corrected chi connectivity index (χ3v) is 3.49. The predicted molar refractivity (Wildman–Crippen MR) is 79.1 cm³/mol. The van der Waals surface area contributed by atoms with E-state index in [-0.39, 0.29) is 17.3 Å². The molecule has 1 aliphatic heterocycles. The van der Waals surface area contributed by atoms with Crippen molar-refractivity contribution in [3.05, 3.63) is 40.0 Å². The van der Waals surface area contributed by atoms with Crippen molar-refractivity contribution in [3.8, 4) is 5.75 Å². The van der Waals surface area contributed by atoms with Gasteiger partial charge in [0.15, 0.2) is 5.75 Å². The van der Waals surface area contributed by atoms with Crippen molar-refractivity contribution in [2.75, 3.05) is 20.2 Å². The van der Waals surface area contributed by atoms with Crippen molar-refractivity contribution in [3.63, 3.8) is 0 Å². The minimum absolute atomic E-state index is 0.0480. The molecule has 1 fully saturated rings. The molecule has 1 aliphatic rings. The molecule has 6 nitrogen and oxygen atoms in total. The van der Waals surface area contributed by atoms with E-state index < -0.39 is 4.92 Å². The average molecular weight is 290 g/mol. The Kier molecular flexibility index (Phi) is 4.92. The van der Waals surface area contributed by atoms with Gasteiger partial charge >= 0.3 is 5.69 Å². The molecule has 0 atom stereocenters. The van der Waals surface area contributed by atoms with E-state index in [1.54, 1.807) is 17.0 Å². The van der Waals surface area contributed by atoms with Crippen LogP contribution in [0.15, 0.2) is 24.3 Å². The number of hydrogen-bond donors (Lipinski definition) is 0. The summed E-state index contributed by atoms with van der Waals surface area (Å²) >= 11 is 0. The van der Waals surface area contributed by atoms with Gasteiger partial charge in [0.05, 0.1) is 12.0 Å². The van der Waals surface area contributed by atoms with Crippen LogP contribution in [0.5, 0.6) is 5.75 Å². The monoisotopic (exact) mass is 290 g/mol. The molecule has 1 aromatic rings.